The highest BCUT2D eigenvalue weighted by atomic mass is 19.1. The Hall–Kier alpha value is -2.30. The lowest BCUT2D eigenvalue weighted by Gasteiger charge is -2.03. The van der Waals surface area contributed by atoms with Gasteiger partial charge in [0.1, 0.15) is 11.6 Å². The Bertz CT molecular complexity index is 645. The first-order valence-electron chi connectivity index (χ1n) is 5.97. The number of aliphatic carboxylic acids is 1. The second-order valence-corrected chi connectivity index (χ2v) is 4.60. The van der Waals surface area contributed by atoms with Crippen LogP contribution >= 0.6 is 0 Å². The number of hydrogen-bond donors (Lipinski definition) is 1. The summed E-state index contributed by atoms with van der Waals surface area (Å²) in [7, 11) is 0. The maximum Gasteiger partial charge on any atom is 0.307 e. The summed E-state index contributed by atoms with van der Waals surface area (Å²) in [5.74, 6) is -1.12. The Balaban J connectivity index is 1.91. The molecule has 0 aliphatic heterocycles. The Kier molecular flexibility index (Phi) is 2.74. The van der Waals surface area contributed by atoms with Gasteiger partial charge in [0.25, 0.3) is 0 Å². The van der Waals surface area contributed by atoms with Gasteiger partial charge in [-0.05, 0) is 24.6 Å². The number of hydrogen-bond acceptors (Lipinski definition) is 3. The maximum absolute atomic E-state index is 13.2. The molecule has 1 aromatic carbocycles. The van der Waals surface area contributed by atoms with Crippen molar-refractivity contribution in [2.24, 2.45) is 5.92 Å². The molecule has 96 valence electrons. The minimum absolute atomic E-state index is 0.119. The molecule has 2 atom stereocenters. The molecule has 2 unspecified atom stereocenters. The molecule has 1 aromatic heterocycles. The molecule has 1 N–H and O–H groups in total. The number of aromatic nitrogens is 2. The van der Waals surface area contributed by atoms with Gasteiger partial charge in [-0.25, -0.2) is 14.4 Å². The van der Waals surface area contributed by atoms with Gasteiger partial charge >= 0.3 is 5.97 Å². The van der Waals surface area contributed by atoms with Gasteiger partial charge in [-0.2, -0.15) is 0 Å². The molecule has 1 heterocycles. The van der Waals surface area contributed by atoms with E-state index in [2.05, 4.69) is 9.97 Å². The van der Waals surface area contributed by atoms with Gasteiger partial charge in [-0.3, -0.25) is 4.79 Å². The third kappa shape index (κ3) is 2.31. The summed E-state index contributed by atoms with van der Waals surface area (Å²) in [4.78, 5) is 19.3. The van der Waals surface area contributed by atoms with E-state index >= 15 is 0 Å². The van der Waals surface area contributed by atoms with Crippen LogP contribution in [0.25, 0.3) is 11.3 Å². The zero-order valence-corrected chi connectivity index (χ0v) is 9.95. The third-order valence-corrected chi connectivity index (χ3v) is 3.23. The average Bonchev–Trinajstić information content (AvgIpc) is 3.19. The van der Waals surface area contributed by atoms with Crippen molar-refractivity contribution in [3.63, 3.8) is 0 Å². The molecular weight excluding hydrogens is 247 g/mol. The standard InChI is InChI=1S/C14H11FN2O2/c15-9-3-1-2-8(6-9)12-4-5-16-13(17-12)10-7-11(10)14(18)19/h1-6,10-11H,7H2,(H,18,19). The highest BCUT2D eigenvalue weighted by molar-refractivity contribution is 5.75. The van der Waals surface area contributed by atoms with Gasteiger partial charge in [0.2, 0.25) is 0 Å². The normalized spacial score (nSPS) is 21.1. The predicted octanol–water partition coefficient (Wildman–Crippen LogP) is 2.47. The van der Waals surface area contributed by atoms with Gasteiger partial charge in [0.15, 0.2) is 0 Å². The van der Waals surface area contributed by atoms with Crippen molar-refractivity contribution < 1.29 is 14.3 Å². The van der Waals surface area contributed by atoms with Crippen LogP contribution in [0.3, 0.4) is 0 Å². The van der Waals surface area contributed by atoms with Crippen molar-refractivity contribution in [2.45, 2.75) is 12.3 Å². The van der Waals surface area contributed by atoms with Crippen LogP contribution in [-0.2, 0) is 4.79 Å². The molecule has 19 heavy (non-hydrogen) atoms. The van der Waals surface area contributed by atoms with E-state index < -0.39 is 5.97 Å². The summed E-state index contributed by atoms with van der Waals surface area (Å²) in [6, 6.07) is 7.83. The van der Waals surface area contributed by atoms with Crippen LogP contribution in [0.5, 0.6) is 0 Å². The monoisotopic (exact) mass is 258 g/mol. The van der Waals surface area contributed by atoms with Crippen LogP contribution in [0.15, 0.2) is 36.5 Å². The molecule has 3 rings (SSSR count). The molecule has 0 bridgehead atoms. The molecule has 2 aromatic rings. The third-order valence-electron chi connectivity index (χ3n) is 3.23. The highest BCUT2D eigenvalue weighted by Gasteiger charge is 2.46. The van der Waals surface area contributed by atoms with Crippen molar-refractivity contribution >= 4 is 5.97 Å². The number of rotatable bonds is 3. The molecule has 0 radical (unpaired) electrons. The predicted molar refractivity (Wildman–Crippen MR) is 65.9 cm³/mol. The molecule has 1 aliphatic rings. The van der Waals surface area contributed by atoms with E-state index in [1.165, 1.54) is 12.1 Å². The Morgan fingerprint density at radius 2 is 2.21 bits per heavy atom. The van der Waals surface area contributed by atoms with Crippen molar-refractivity contribution in [2.75, 3.05) is 0 Å². The maximum atomic E-state index is 13.2. The van der Waals surface area contributed by atoms with Crippen LogP contribution in [0.4, 0.5) is 4.39 Å². The van der Waals surface area contributed by atoms with E-state index in [-0.39, 0.29) is 17.7 Å². The SMILES string of the molecule is O=C(O)C1CC1c1nccc(-c2cccc(F)c2)n1. The molecule has 5 heteroatoms. The largest absolute Gasteiger partial charge is 0.481 e. The van der Waals surface area contributed by atoms with Crippen LogP contribution in [0.1, 0.15) is 18.2 Å². The first-order chi connectivity index (χ1) is 9.15. The topological polar surface area (TPSA) is 63.1 Å². The van der Waals surface area contributed by atoms with Crippen LogP contribution in [0.2, 0.25) is 0 Å². The fourth-order valence-electron chi connectivity index (χ4n) is 2.11. The Labute approximate surface area is 109 Å². The summed E-state index contributed by atoms with van der Waals surface area (Å²) in [5.41, 5.74) is 1.27. The van der Waals surface area contributed by atoms with Crippen LogP contribution < -0.4 is 0 Å². The summed E-state index contributed by atoms with van der Waals surface area (Å²) in [6.07, 6.45) is 2.15. The van der Waals surface area contributed by atoms with E-state index in [0.717, 1.165) is 0 Å². The number of halogens is 1. The Morgan fingerprint density at radius 1 is 1.37 bits per heavy atom. The fourth-order valence-corrected chi connectivity index (χ4v) is 2.11. The first kappa shape index (κ1) is 11.8. The quantitative estimate of drug-likeness (QED) is 0.918. The number of nitrogens with zero attached hydrogens (tertiary/aromatic N) is 2. The van der Waals surface area contributed by atoms with Gasteiger partial charge < -0.3 is 5.11 Å². The van der Waals surface area contributed by atoms with Crippen molar-refractivity contribution in [3.05, 3.63) is 48.2 Å². The average molecular weight is 258 g/mol. The minimum atomic E-state index is -0.815. The van der Waals surface area contributed by atoms with E-state index in [0.29, 0.717) is 23.5 Å². The van der Waals surface area contributed by atoms with Crippen LogP contribution in [0, 0.1) is 11.7 Å². The summed E-state index contributed by atoms with van der Waals surface area (Å²) < 4.78 is 13.2. The highest BCUT2D eigenvalue weighted by Crippen LogP contribution is 2.46. The number of benzene rings is 1. The number of carboxylic acid groups (broad SMARTS) is 1. The van der Waals surface area contributed by atoms with E-state index in [9.17, 15) is 9.18 Å². The van der Waals surface area contributed by atoms with E-state index in [4.69, 9.17) is 5.11 Å². The molecule has 0 spiro atoms. The molecule has 1 saturated carbocycles. The second kappa shape index (κ2) is 4.42. The number of carboxylic acids is 1. The second-order valence-electron chi connectivity index (χ2n) is 4.60. The zero-order valence-electron chi connectivity index (χ0n) is 9.95. The van der Waals surface area contributed by atoms with Crippen molar-refractivity contribution in [3.8, 4) is 11.3 Å². The Morgan fingerprint density at radius 3 is 2.89 bits per heavy atom. The molecule has 0 amide bonds. The fraction of sp³-hybridized carbons (Fsp3) is 0.214. The summed E-state index contributed by atoms with van der Waals surface area (Å²) in [5, 5.41) is 8.90. The van der Waals surface area contributed by atoms with Crippen LogP contribution in [-0.4, -0.2) is 21.0 Å². The first-order valence-corrected chi connectivity index (χ1v) is 5.97. The van der Waals surface area contributed by atoms with Gasteiger partial charge in [-0.15, -0.1) is 0 Å². The molecule has 1 fully saturated rings. The molecular formula is C14H11FN2O2. The van der Waals surface area contributed by atoms with E-state index in [1.54, 1.807) is 24.4 Å². The lowest BCUT2D eigenvalue weighted by molar-refractivity contribution is -0.138. The minimum Gasteiger partial charge on any atom is -0.481 e. The van der Waals surface area contributed by atoms with E-state index in [1.807, 2.05) is 0 Å². The van der Waals surface area contributed by atoms with Gasteiger partial charge in [-0.1, -0.05) is 12.1 Å². The van der Waals surface area contributed by atoms with Crippen molar-refractivity contribution in [1.82, 2.24) is 9.97 Å². The van der Waals surface area contributed by atoms with Gasteiger partial charge in [0.05, 0.1) is 11.6 Å². The summed E-state index contributed by atoms with van der Waals surface area (Å²) in [6.45, 7) is 0. The smallest absolute Gasteiger partial charge is 0.307 e. The van der Waals surface area contributed by atoms with Gasteiger partial charge in [0, 0.05) is 17.7 Å². The molecule has 4 nitrogen and oxygen atoms in total. The lowest BCUT2D eigenvalue weighted by atomic mass is 10.1. The molecule has 0 saturated heterocycles. The summed E-state index contributed by atoms with van der Waals surface area (Å²) >= 11 is 0. The lowest BCUT2D eigenvalue weighted by Crippen LogP contribution is -2.02. The number of carbonyl (C=O) groups is 1. The van der Waals surface area contributed by atoms with Crippen molar-refractivity contribution in [1.29, 1.82) is 0 Å². The zero-order chi connectivity index (χ0) is 13.4. The molecule has 1 aliphatic carbocycles.